The number of fused-ring (bicyclic) bond motifs is 1. The number of nitrogens with zero attached hydrogens (tertiary/aromatic N) is 1. The minimum Gasteiger partial charge on any atom is -0.502 e. The average molecular weight is 305 g/mol. The summed E-state index contributed by atoms with van der Waals surface area (Å²) < 4.78 is 9.22. The maximum Gasteiger partial charge on any atom is 0.338 e. The third-order valence-corrected chi connectivity index (χ3v) is 3.11. The maximum absolute atomic E-state index is 11.9. The second kappa shape index (κ2) is 5.68. The van der Waals surface area contributed by atoms with Gasteiger partial charge in [-0.2, -0.15) is 0 Å². The van der Waals surface area contributed by atoms with Gasteiger partial charge >= 0.3 is 17.6 Å². The van der Waals surface area contributed by atoms with Crippen molar-refractivity contribution in [3.05, 3.63) is 45.5 Å². The molecule has 2 aromatic rings. The van der Waals surface area contributed by atoms with Gasteiger partial charge in [0, 0.05) is 11.5 Å². The molecule has 0 atom stereocenters. The van der Waals surface area contributed by atoms with Crippen LogP contribution < -0.4 is 0 Å². The highest BCUT2D eigenvalue weighted by atomic mass is 16.6. The molecule has 2 rings (SSSR count). The highest BCUT2D eigenvalue weighted by Gasteiger charge is 2.27. The fourth-order valence-electron chi connectivity index (χ4n) is 2.20. The van der Waals surface area contributed by atoms with Crippen LogP contribution in [0.3, 0.4) is 0 Å². The second-order valence-corrected chi connectivity index (χ2v) is 4.26. The van der Waals surface area contributed by atoms with Crippen molar-refractivity contribution in [3.63, 3.8) is 0 Å². The molecule has 8 heteroatoms. The van der Waals surface area contributed by atoms with E-state index >= 15 is 0 Å². The average Bonchev–Trinajstić information content (AvgIpc) is 2.51. The Morgan fingerprint density at radius 1 is 1.14 bits per heavy atom. The van der Waals surface area contributed by atoms with Crippen LogP contribution in [0, 0.1) is 10.1 Å². The lowest BCUT2D eigenvalue weighted by Gasteiger charge is -2.10. The number of aromatic hydroxyl groups is 1. The van der Waals surface area contributed by atoms with E-state index in [1.165, 1.54) is 18.2 Å². The van der Waals surface area contributed by atoms with Crippen molar-refractivity contribution in [2.75, 3.05) is 14.2 Å². The number of hydrogen-bond donors (Lipinski definition) is 1. The molecule has 0 aliphatic heterocycles. The van der Waals surface area contributed by atoms with Crippen molar-refractivity contribution in [2.24, 2.45) is 0 Å². The number of esters is 2. The van der Waals surface area contributed by atoms with Crippen LogP contribution in [0.25, 0.3) is 10.8 Å². The number of carbonyl (C=O) groups is 2. The van der Waals surface area contributed by atoms with Crippen LogP contribution in [0.1, 0.15) is 20.7 Å². The number of benzene rings is 2. The van der Waals surface area contributed by atoms with Gasteiger partial charge in [-0.05, 0) is 12.1 Å². The van der Waals surface area contributed by atoms with Gasteiger partial charge in [0.15, 0.2) is 5.75 Å². The molecule has 2 aromatic carbocycles. The van der Waals surface area contributed by atoms with E-state index in [1.54, 1.807) is 0 Å². The third-order valence-electron chi connectivity index (χ3n) is 3.11. The Bertz CT molecular complexity index is 797. The van der Waals surface area contributed by atoms with Gasteiger partial charge in [0.05, 0.1) is 35.7 Å². The van der Waals surface area contributed by atoms with Crippen molar-refractivity contribution < 1.29 is 29.1 Å². The van der Waals surface area contributed by atoms with E-state index in [9.17, 15) is 24.8 Å². The van der Waals surface area contributed by atoms with Gasteiger partial charge in [-0.25, -0.2) is 9.59 Å². The number of phenols is 1. The summed E-state index contributed by atoms with van der Waals surface area (Å²) in [7, 11) is 2.27. The standard InChI is InChI=1S/C14H11NO7/c1-21-13(17)8-5-3-4-7-11(8)9(14(18)22-2)6-10(16)12(7)15(19)20/h3-6,16H,1-2H3. The number of rotatable bonds is 3. The number of methoxy groups -OCH3 is 2. The minimum absolute atomic E-state index is 0.00861. The smallest absolute Gasteiger partial charge is 0.338 e. The Balaban J connectivity index is 3.02. The fourth-order valence-corrected chi connectivity index (χ4v) is 2.20. The summed E-state index contributed by atoms with van der Waals surface area (Å²) in [6.45, 7) is 0. The summed E-state index contributed by atoms with van der Waals surface area (Å²) in [6, 6.07) is 4.98. The second-order valence-electron chi connectivity index (χ2n) is 4.26. The molecule has 114 valence electrons. The first-order chi connectivity index (χ1) is 10.4. The van der Waals surface area contributed by atoms with E-state index in [4.69, 9.17) is 0 Å². The zero-order valence-corrected chi connectivity index (χ0v) is 11.7. The first-order valence-corrected chi connectivity index (χ1v) is 6.02. The largest absolute Gasteiger partial charge is 0.502 e. The van der Waals surface area contributed by atoms with E-state index < -0.39 is 28.3 Å². The van der Waals surface area contributed by atoms with Gasteiger partial charge in [-0.15, -0.1) is 0 Å². The van der Waals surface area contributed by atoms with E-state index in [0.717, 1.165) is 20.3 Å². The molecular weight excluding hydrogens is 294 g/mol. The van der Waals surface area contributed by atoms with Crippen molar-refractivity contribution >= 4 is 28.4 Å². The Morgan fingerprint density at radius 3 is 2.27 bits per heavy atom. The predicted molar refractivity (Wildman–Crippen MR) is 74.9 cm³/mol. The SMILES string of the molecule is COC(=O)c1cccc2c([N+](=O)[O-])c(O)cc(C(=O)OC)c12. The molecule has 0 saturated heterocycles. The van der Waals surface area contributed by atoms with Crippen LogP contribution in [-0.4, -0.2) is 36.2 Å². The minimum atomic E-state index is -0.841. The van der Waals surface area contributed by atoms with Crippen molar-refractivity contribution in [3.8, 4) is 5.75 Å². The van der Waals surface area contributed by atoms with E-state index in [1.807, 2.05) is 0 Å². The Kier molecular flexibility index (Phi) is 3.93. The highest BCUT2D eigenvalue weighted by molar-refractivity contribution is 6.16. The fraction of sp³-hybridized carbons (Fsp3) is 0.143. The van der Waals surface area contributed by atoms with Gasteiger partial charge in [0.25, 0.3) is 0 Å². The number of phenolic OH excluding ortho intramolecular Hbond substituents is 1. The molecule has 0 radical (unpaired) electrons. The summed E-state index contributed by atoms with van der Waals surface area (Å²) in [6.07, 6.45) is 0. The molecular formula is C14H11NO7. The Morgan fingerprint density at radius 2 is 1.73 bits per heavy atom. The number of nitro groups is 1. The molecule has 8 nitrogen and oxygen atoms in total. The van der Waals surface area contributed by atoms with Crippen molar-refractivity contribution in [1.82, 2.24) is 0 Å². The predicted octanol–water partition coefficient (Wildman–Crippen LogP) is 2.03. The molecule has 0 bridgehead atoms. The Labute approximate surface area is 124 Å². The molecule has 0 amide bonds. The van der Waals surface area contributed by atoms with Crippen molar-refractivity contribution in [2.45, 2.75) is 0 Å². The molecule has 0 saturated carbocycles. The highest BCUT2D eigenvalue weighted by Crippen LogP contribution is 2.38. The lowest BCUT2D eigenvalue weighted by atomic mass is 9.97. The molecule has 0 unspecified atom stereocenters. The van der Waals surface area contributed by atoms with Crippen LogP contribution in [0.15, 0.2) is 24.3 Å². The number of carbonyl (C=O) groups excluding carboxylic acids is 2. The van der Waals surface area contributed by atoms with Crippen LogP contribution in [0.4, 0.5) is 5.69 Å². The Hall–Kier alpha value is -3.16. The molecule has 0 spiro atoms. The topological polar surface area (TPSA) is 116 Å². The third kappa shape index (κ3) is 2.30. The number of nitro benzene ring substituents is 1. The van der Waals surface area contributed by atoms with Gasteiger partial charge in [-0.1, -0.05) is 6.07 Å². The van der Waals surface area contributed by atoms with E-state index in [2.05, 4.69) is 9.47 Å². The van der Waals surface area contributed by atoms with Gasteiger partial charge < -0.3 is 14.6 Å². The lowest BCUT2D eigenvalue weighted by Crippen LogP contribution is -2.09. The summed E-state index contributed by atoms with van der Waals surface area (Å²) in [4.78, 5) is 34.1. The number of ether oxygens (including phenoxy) is 2. The quantitative estimate of drug-likeness (QED) is 0.524. The van der Waals surface area contributed by atoms with Gasteiger partial charge in [-0.3, -0.25) is 10.1 Å². The lowest BCUT2D eigenvalue weighted by molar-refractivity contribution is -0.384. The molecule has 0 aromatic heterocycles. The maximum atomic E-state index is 11.9. The van der Waals surface area contributed by atoms with Crippen molar-refractivity contribution in [1.29, 1.82) is 0 Å². The van der Waals surface area contributed by atoms with Crippen LogP contribution >= 0.6 is 0 Å². The molecule has 0 heterocycles. The molecule has 1 N–H and O–H groups in total. The molecule has 22 heavy (non-hydrogen) atoms. The van der Waals surface area contributed by atoms with E-state index in [-0.39, 0.29) is 21.9 Å². The molecule has 0 fully saturated rings. The summed E-state index contributed by atoms with van der Waals surface area (Å²) in [5, 5.41) is 20.9. The monoisotopic (exact) mass is 305 g/mol. The normalized spacial score (nSPS) is 10.3. The number of hydrogen-bond acceptors (Lipinski definition) is 7. The molecule has 0 aliphatic carbocycles. The first kappa shape index (κ1) is 15.2. The van der Waals surface area contributed by atoms with Crippen LogP contribution in [0.2, 0.25) is 0 Å². The summed E-state index contributed by atoms with van der Waals surface area (Å²) in [5.74, 6) is -2.30. The van der Waals surface area contributed by atoms with E-state index in [0.29, 0.717) is 0 Å². The molecule has 0 aliphatic rings. The van der Waals surface area contributed by atoms with Crippen LogP contribution in [0.5, 0.6) is 5.75 Å². The zero-order chi connectivity index (χ0) is 16.4. The summed E-state index contributed by atoms with van der Waals surface area (Å²) in [5.41, 5.74) is -0.807. The van der Waals surface area contributed by atoms with Gasteiger partial charge in [0.1, 0.15) is 0 Å². The zero-order valence-electron chi connectivity index (χ0n) is 11.7. The van der Waals surface area contributed by atoms with Gasteiger partial charge in [0.2, 0.25) is 0 Å². The summed E-state index contributed by atoms with van der Waals surface area (Å²) >= 11 is 0. The van der Waals surface area contributed by atoms with Crippen LogP contribution in [-0.2, 0) is 9.47 Å². The first-order valence-electron chi connectivity index (χ1n) is 6.02.